The van der Waals surface area contributed by atoms with Crippen molar-refractivity contribution in [1.29, 1.82) is 0 Å². The number of benzene rings is 3. The van der Waals surface area contributed by atoms with Gasteiger partial charge in [-0.1, -0.05) is 57.9 Å². The lowest BCUT2D eigenvalue weighted by atomic mass is 10.1. The first-order valence-corrected chi connectivity index (χ1v) is 16.4. The van der Waals surface area contributed by atoms with Gasteiger partial charge in [0.15, 0.2) is 0 Å². The van der Waals surface area contributed by atoms with E-state index >= 15 is 0 Å². The van der Waals surface area contributed by atoms with Crippen LogP contribution in [0.15, 0.2) is 87.1 Å². The number of rotatable bonds is 11. The second kappa shape index (κ2) is 12.7. The molecule has 1 heterocycles. The number of sulfonamides is 2. The molecule has 0 saturated carbocycles. The smallest absolute Gasteiger partial charge is 0.243 e. The SMILES string of the molecule is Cc1ccc(CN(CC(=O)NCCc2ccc(S(=O)(=O)N3CCCC3)cc2)S(=O)(=O)c2ccc(Br)cc2)cc1. The molecular formula is C28H32BrN3O5S2. The molecule has 11 heteroatoms. The summed E-state index contributed by atoms with van der Waals surface area (Å²) in [5.74, 6) is -0.420. The Balaban J connectivity index is 1.39. The van der Waals surface area contributed by atoms with E-state index in [9.17, 15) is 21.6 Å². The minimum Gasteiger partial charge on any atom is -0.355 e. The van der Waals surface area contributed by atoms with Crippen LogP contribution in [0.3, 0.4) is 0 Å². The van der Waals surface area contributed by atoms with E-state index in [1.165, 1.54) is 20.7 Å². The third-order valence-corrected chi connectivity index (χ3v) is 10.9. The van der Waals surface area contributed by atoms with Gasteiger partial charge in [-0.25, -0.2) is 16.8 Å². The number of hydrogen-bond acceptors (Lipinski definition) is 5. The van der Waals surface area contributed by atoms with Crippen molar-refractivity contribution >= 4 is 41.9 Å². The normalized spacial score (nSPS) is 14.5. The van der Waals surface area contributed by atoms with Crippen LogP contribution in [0.1, 0.15) is 29.5 Å². The van der Waals surface area contributed by atoms with Crippen LogP contribution in [0.4, 0.5) is 0 Å². The highest BCUT2D eigenvalue weighted by molar-refractivity contribution is 9.10. The van der Waals surface area contributed by atoms with E-state index in [-0.39, 0.29) is 29.4 Å². The second-order valence-corrected chi connectivity index (χ2v) is 14.4. The zero-order chi connectivity index (χ0) is 28.0. The third kappa shape index (κ3) is 7.55. The molecule has 208 valence electrons. The maximum atomic E-state index is 13.4. The molecule has 0 aliphatic carbocycles. The fourth-order valence-corrected chi connectivity index (χ4v) is 7.51. The molecule has 1 amide bonds. The molecule has 8 nitrogen and oxygen atoms in total. The second-order valence-electron chi connectivity index (χ2n) is 9.57. The average molecular weight is 635 g/mol. The highest BCUT2D eigenvalue weighted by Gasteiger charge is 2.28. The largest absolute Gasteiger partial charge is 0.355 e. The Hall–Kier alpha value is -2.57. The van der Waals surface area contributed by atoms with E-state index in [1.807, 2.05) is 31.2 Å². The molecular weight excluding hydrogens is 602 g/mol. The molecule has 1 aliphatic rings. The summed E-state index contributed by atoms with van der Waals surface area (Å²) in [4.78, 5) is 13.2. The van der Waals surface area contributed by atoms with Crippen molar-refractivity contribution in [3.8, 4) is 0 Å². The van der Waals surface area contributed by atoms with Crippen molar-refractivity contribution in [2.24, 2.45) is 0 Å². The number of nitrogens with zero attached hydrogens (tertiary/aromatic N) is 2. The minimum atomic E-state index is -3.93. The van der Waals surface area contributed by atoms with Crippen molar-refractivity contribution in [3.05, 3.63) is 94.0 Å². The maximum absolute atomic E-state index is 13.4. The number of amides is 1. The van der Waals surface area contributed by atoms with Gasteiger partial charge in [0, 0.05) is 30.7 Å². The van der Waals surface area contributed by atoms with Crippen LogP contribution in [0, 0.1) is 6.92 Å². The number of nitrogens with one attached hydrogen (secondary N) is 1. The molecule has 0 aromatic heterocycles. The molecule has 0 radical (unpaired) electrons. The van der Waals surface area contributed by atoms with E-state index in [1.54, 1.807) is 36.4 Å². The van der Waals surface area contributed by atoms with Gasteiger partial charge in [0.1, 0.15) is 0 Å². The molecule has 1 aliphatic heterocycles. The van der Waals surface area contributed by atoms with E-state index in [0.717, 1.165) is 34.0 Å². The summed E-state index contributed by atoms with van der Waals surface area (Å²) in [5.41, 5.74) is 2.70. The van der Waals surface area contributed by atoms with Crippen molar-refractivity contribution in [2.45, 2.75) is 42.5 Å². The quantitative estimate of drug-likeness (QED) is 0.342. The molecule has 1 saturated heterocycles. The lowest BCUT2D eigenvalue weighted by molar-refractivity contribution is -0.121. The van der Waals surface area contributed by atoms with Crippen LogP contribution < -0.4 is 5.32 Å². The van der Waals surface area contributed by atoms with Crippen LogP contribution in [0.5, 0.6) is 0 Å². The lowest BCUT2D eigenvalue weighted by Gasteiger charge is -2.22. The van der Waals surface area contributed by atoms with Crippen LogP contribution >= 0.6 is 15.9 Å². The first-order chi connectivity index (χ1) is 18.6. The van der Waals surface area contributed by atoms with Gasteiger partial charge in [-0.05, 0) is 73.7 Å². The lowest BCUT2D eigenvalue weighted by Crippen LogP contribution is -2.40. The van der Waals surface area contributed by atoms with Crippen LogP contribution in [0.2, 0.25) is 0 Å². The Morgan fingerprint density at radius 2 is 1.41 bits per heavy atom. The summed E-state index contributed by atoms with van der Waals surface area (Å²) in [6.07, 6.45) is 2.24. The van der Waals surface area contributed by atoms with Crippen LogP contribution in [0.25, 0.3) is 0 Å². The van der Waals surface area contributed by atoms with E-state index in [0.29, 0.717) is 19.5 Å². The van der Waals surface area contributed by atoms with Gasteiger partial charge in [0.2, 0.25) is 26.0 Å². The third-order valence-electron chi connectivity index (χ3n) is 6.61. The molecule has 4 rings (SSSR count). The zero-order valence-electron chi connectivity index (χ0n) is 21.7. The summed E-state index contributed by atoms with van der Waals surface area (Å²) in [5, 5.41) is 2.80. The molecule has 3 aromatic carbocycles. The Morgan fingerprint density at radius 1 is 0.846 bits per heavy atom. The molecule has 0 unspecified atom stereocenters. The molecule has 1 fully saturated rings. The Morgan fingerprint density at radius 3 is 2.03 bits per heavy atom. The summed E-state index contributed by atoms with van der Waals surface area (Å²) in [7, 11) is -7.41. The molecule has 0 spiro atoms. The minimum absolute atomic E-state index is 0.0546. The number of carbonyl (C=O) groups excluding carboxylic acids is 1. The molecule has 0 atom stereocenters. The predicted octanol–water partition coefficient (Wildman–Crippen LogP) is 4.09. The summed E-state index contributed by atoms with van der Waals surface area (Å²) < 4.78 is 55.7. The van der Waals surface area contributed by atoms with Crippen molar-refractivity contribution < 1.29 is 21.6 Å². The van der Waals surface area contributed by atoms with Crippen molar-refractivity contribution in [3.63, 3.8) is 0 Å². The fourth-order valence-electron chi connectivity index (χ4n) is 4.35. The van der Waals surface area contributed by atoms with E-state index in [4.69, 9.17) is 0 Å². The maximum Gasteiger partial charge on any atom is 0.243 e. The molecule has 39 heavy (non-hydrogen) atoms. The predicted molar refractivity (Wildman–Crippen MR) is 154 cm³/mol. The molecule has 3 aromatic rings. The van der Waals surface area contributed by atoms with Gasteiger partial charge < -0.3 is 5.32 Å². The van der Waals surface area contributed by atoms with Gasteiger partial charge in [-0.2, -0.15) is 8.61 Å². The summed E-state index contributed by atoms with van der Waals surface area (Å²) in [6, 6.07) is 20.5. The van der Waals surface area contributed by atoms with Crippen LogP contribution in [-0.4, -0.2) is 57.5 Å². The van der Waals surface area contributed by atoms with Crippen LogP contribution in [-0.2, 0) is 37.8 Å². The molecule has 1 N–H and O–H groups in total. The standard InChI is InChI=1S/C28H32BrN3O5S2/c1-22-4-6-24(7-5-22)20-32(39(36,37)27-14-10-25(29)11-15-27)21-28(33)30-17-16-23-8-12-26(13-9-23)38(34,35)31-18-2-3-19-31/h4-15H,2-3,16-21H2,1H3,(H,30,33). The highest BCUT2D eigenvalue weighted by Crippen LogP contribution is 2.22. The first kappa shape index (κ1) is 29.4. The number of aryl methyl sites for hydroxylation is 1. The van der Waals surface area contributed by atoms with Gasteiger partial charge in [-0.3, -0.25) is 4.79 Å². The van der Waals surface area contributed by atoms with Crippen molar-refractivity contribution in [1.82, 2.24) is 13.9 Å². The van der Waals surface area contributed by atoms with Gasteiger partial charge in [0.05, 0.1) is 16.3 Å². The monoisotopic (exact) mass is 633 g/mol. The first-order valence-electron chi connectivity index (χ1n) is 12.7. The fraction of sp³-hybridized carbons (Fsp3) is 0.321. The summed E-state index contributed by atoms with van der Waals surface area (Å²) >= 11 is 3.32. The molecule has 0 bridgehead atoms. The van der Waals surface area contributed by atoms with Gasteiger partial charge >= 0.3 is 0 Å². The zero-order valence-corrected chi connectivity index (χ0v) is 24.9. The van der Waals surface area contributed by atoms with E-state index in [2.05, 4.69) is 21.2 Å². The Kier molecular flexibility index (Phi) is 9.60. The highest BCUT2D eigenvalue weighted by atomic mass is 79.9. The summed E-state index contributed by atoms with van der Waals surface area (Å²) in [6.45, 7) is 3.06. The van der Waals surface area contributed by atoms with Crippen molar-refractivity contribution in [2.75, 3.05) is 26.2 Å². The topological polar surface area (TPSA) is 104 Å². The Labute approximate surface area is 239 Å². The number of carbonyl (C=O) groups is 1. The van der Waals surface area contributed by atoms with Gasteiger partial charge in [-0.15, -0.1) is 0 Å². The number of hydrogen-bond donors (Lipinski definition) is 1. The average Bonchev–Trinajstić information content (AvgIpc) is 3.46. The van der Waals surface area contributed by atoms with E-state index < -0.39 is 26.0 Å². The Bertz CT molecular complexity index is 1490. The van der Waals surface area contributed by atoms with Gasteiger partial charge in [0.25, 0.3) is 0 Å². The number of halogens is 1.